The Morgan fingerprint density at radius 1 is 1.25 bits per heavy atom. The third-order valence-corrected chi connectivity index (χ3v) is 1.56. The number of hydrogen-bond acceptors (Lipinski definition) is 4. The standard InChI is InChI=1S/C4H7F3O4S/c1-2-10-12(8,9)11-3-4(5,6)7/h2-3H2,1H3. The molecule has 74 valence electrons. The molecule has 0 saturated carbocycles. The molecule has 12 heavy (non-hydrogen) atoms. The summed E-state index contributed by atoms with van der Waals surface area (Å²) in [6, 6.07) is 0. The van der Waals surface area contributed by atoms with Crippen molar-refractivity contribution in [2.75, 3.05) is 13.2 Å². The Hall–Kier alpha value is -0.340. The van der Waals surface area contributed by atoms with Gasteiger partial charge in [0, 0.05) is 0 Å². The first kappa shape index (κ1) is 11.7. The van der Waals surface area contributed by atoms with Gasteiger partial charge in [-0.3, -0.25) is 0 Å². The van der Waals surface area contributed by atoms with Crippen molar-refractivity contribution in [3.05, 3.63) is 0 Å². The van der Waals surface area contributed by atoms with Gasteiger partial charge in [0.1, 0.15) is 0 Å². The number of halogens is 3. The molecule has 0 N–H and O–H groups in total. The molecule has 0 radical (unpaired) electrons. The molecule has 0 aliphatic rings. The molecule has 0 fully saturated rings. The van der Waals surface area contributed by atoms with Gasteiger partial charge in [-0.15, -0.1) is 0 Å². The van der Waals surface area contributed by atoms with Gasteiger partial charge in [0.25, 0.3) is 0 Å². The summed E-state index contributed by atoms with van der Waals surface area (Å²) in [5.41, 5.74) is 0. The third-order valence-electron chi connectivity index (χ3n) is 0.629. The minimum atomic E-state index is -4.68. The van der Waals surface area contributed by atoms with Crippen LogP contribution >= 0.6 is 0 Å². The van der Waals surface area contributed by atoms with Crippen molar-refractivity contribution < 1.29 is 30.0 Å². The van der Waals surface area contributed by atoms with Gasteiger partial charge in [-0.2, -0.15) is 21.6 Å². The lowest BCUT2D eigenvalue weighted by Gasteiger charge is -2.06. The Balaban J connectivity index is 3.94. The second-order valence-electron chi connectivity index (χ2n) is 1.69. The maximum absolute atomic E-state index is 11.4. The van der Waals surface area contributed by atoms with Crippen molar-refractivity contribution in [2.45, 2.75) is 13.1 Å². The SMILES string of the molecule is CCOS(=O)(=O)OCC(F)(F)F. The molecule has 8 heteroatoms. The van der Waals surface area contributed by atoms with Gasteiger partial charge in [0.15, 0.2) is 6.61 Å². The minimum absolute atomic E-state index is 0.264. The zero-order valence-corrected chi connectivity index (χ0v) is 6.91. The molecule has 0 rings (SSSR count). The Morgan fingerprint density at radius 2 is 1.75 bits per heavy atom. The van der Waals surface area contributed by atoms with E-state index in [1.165, 1.54) is 6.92 Å². The smallest absolute Gasteiger partial charge is 0.248 e. The van der Waals surface area contributed by atoms with Crippen LogP contribution in [0.1, 0.15) is 6.92 Å². The van der Waals surface area contributed by atoms with E-state index in [-0.39, 0.29) is 6.61 Å². The highest BCUT2D eigenvalue weighted by atomic mass is 32.3. The van der Waals surface area contributed by atoms with Crippen molar-refractivity contribution in [1.82, 2.24) is 0 Å². The van der Waals surface area contributed by atoms with Crippen molar-refractivity contribution in [3.8, 4) is 0 Å². The second kappa shape index (κ2) is 4.06. The quantitative estimate of drug-likeness (QED) is 0.687. The van der Waals surface area contributed by atoms with Crippen LogP contribution in [0.25, 0.3) is 0 Å². The number of hydrogen-bond donors (Lipinski definition) is 0. The van der Waals surface area contributed by atoms with Gasteiger partial charge in [-0.05, 0) is 6.92 Å². The lowest BCUT2D eigenvalue weighted by atomic mass is 10.7. The van der Waals surface area contributed by atoms with Gasteiger partial charge in [0.2, 0.25) is 0 Å². The predicted molar refractivity (Wildman–Crippen MR) is 32.6 cm³/mol. The average Bonchev–Trinajstić information content (AvgIpc) is 1.83. The first-order valence-corrected chi connectivity index (χ1v) is 4.20. The zero-order valence-electron chi connectivity index (χ0n) is 6.09. The van der Waals surface area contributed by atoms with E-state index in [9.17, 15) is 21.6 Å². The van der Waals surface area contributed by atoms with Crippen LogP contribution in [-0.2, 0) is 18.8 Å². The van der Waals surface area contributed by atoms with E-state index in [2.05, 4.69) is 8.37 Å². The summed E-state index contributed by atoms with van der Waals surface area (Å²) in [6.45, 7) is -0.815. The van der Waals surface area contributed by atoms with Crippen LogP contribution in [0.2, 0.25) is 0 Å². The van der Waals surface area contributed by atoms with Crippen molar-refractivity contribution in [1.29, 1.82) is 0 Å². The number of alkyl halides is 3. The van der Waals surface area contributed by atoms with Crippen molar-refractivity contribution >= 4 is 10.4 Å². The number of rotatable bonds is 4. The highest BCUT2D eigenvalue weighted by Gasteiger charge is 2.31. The first-order valence-electron chi connectivity index (χ1n) is 2.87. The van der Waals surface area contributed by atoms with E-state index >= 15 is 0 Å². The molecule has 0 atom stereocenters. The monoisotopic (exact) mass is 208 g/mol. The van der Waals surface area contributed by atoms with Gasteiger partial charge in [-0.25, -0.2) is 8.37 Å². The normalized spacial score (nSPS) is 13.3. The van der Waals surface area contributed by atoms with E-state index in [1.807, 2.05) is 0 Å². The van der Waals surface area contributed by atoms with Crippen LogP contribution in [0, 0.1) is 0 Å². The van der Waals surface area contributed by atoms with Crippen molar-refractivity contribution in [2.24, 2.45) is 0 Å². The lowest BCUT2D eigenvalue weighted by Crippen LogP contribution is -2.21. The third kappa shape index (κ3) is 6.38. The van der Waals surface area contributed by atoms with E-state index in [0.29, 0.717) is 0 Å². The Kier molecular flexibility index (Phi) is 3.94. The second-order valence-corrected chi connectivity index (χ2v) is 2.98. The fraction of sp³-hybridized carbons (Fsp3) is 1.00. The topological polar surface area (TPSA) is 52.6 Å². The predicted octanol–water partition coefficient (Wildman–Crippen LogP) is 0.847. The molecule has 0 aromatic heterocycles. The molecule has 0 unspecified atom stereocenters. The summed E-state index contributed by atoms with van der Waals surface area (Å²) in [5.74, 6) is 0. The molecule has 0 saturated heterocycles. The van der Waals surface area contributed by atoms with Gasteiger partial charge in [0.05, 0.1) is 6.61 Å². The molecule has 0 aliphatic carbocycles. The van der Waals surface area contributed by atoms with Crippen LogP contribution in [-0.4, -0.2) is 27.8 Å². The van der Waals surface area contributed by atoms with E-state index in [1.54, 1.807) is 0 Å². The van der Waals surface area contributed by atoms with Crippen LogP contribution in [0.15, 0.2) is 0 Å². The molecule has 0 heterocycles. The molecular weight excluding hydrogens is 201 g/mol. The maximum atomic E-state index is 11.4. The first-order chi connectivity index (χ1) is 5.27. The Bertz CT molecular complexity index is 219. The Labute approximate surface area is 67.6 Å². The molecule has 4 nitrogen and oxygen atoms in total. The van der Waals surface area contributed by atoms with Gasteiger partial charge < -0.3 is 0 Å². The van der Waals surface area contributed by atoms with Crippen LogP contribution < -0.4 is 0 Å². The van der Waals surface area contributed by atoms with Crippen LogP contribution in [0.5, 0.6) is 0 Å². The molecular formula is C4H7F3O4S. The minimum Gasteiger partial charge on any atom is -0.248 e. The average molecular weight is 208 g/mol. The molecule has 0 bridgehead atoms. The summed E-state index contributed by atoms with van der Waals surface area (Å²) >= 11 is 0. The van der Waals surface area contributed by atoms with E-state index < -0.39 is 23.2 Å². The molecule has 0 aliphatic heterocycles. The summed E-state index contributed by atoms with van der Waals surface area (Å²) in [6.07, 6.45) is -4.68. The molecule has 0 amide bonds. The van der Waals surface area contributed by atoms with E-state index in [4.69, 9.17) is 0 Å². The van der Waals surface area contributed by atoms with Crippen molar-refractivity contribution in [3.63, 3.8) is 0 Å². The summed E-state index contributed by atoms with van der Waals surface area (Å²) in [5, 5.41) is 0. The highest BCUT2D eigenvalue weighted by molar-refractivity contribution is 7.81. The molecule has 0 spiro atoms. The Morgan fingerprint density at radius 3 is 2.08 bits per heavy atom. The van der Waals surface area contributed by atoms with Crippen LogP contribution in [0.3, 0.4) is 0 Å². The van der Waals surface area contributed by atoms with Gasteiger partial charge in [-0.1, -0.05) is 0 Å². The van der Waals surface area contributed by atoms with E-state index in [0.717, 1.165) is 0 Å². The molecule has 0 aromatic rings. The lowest BCUT2D eigenvalue weighted by molar-refractivity contribution is -0.154. The summed E-state index contributed by atoms with van der Waals surface area (Å²) in [4.78, 5) is 0. The summed E-state index contributed by atoms with van der Waals surface area (Å²) in [7, 11) is -4.48. The summed E-state index contributed by atoms with van der Waals surface area (Å²) < 4.78 is 62.1. The molecule has 0 aromatic carbocycles. The largest absolute Gasteiger partial charge is 0.413 e. The fourth-order valence-electron chi connectivity index (χ4n) is 0.317. The zero-order chi connectivity index (χ0) is 9.83. The fourth-order valence-corrected chi connectivity index (χ4v) is 0.952. The highest BCUT2D eigenvalue weighted by Crippen LogP contribution is 2.15. The maximum Gasteiger partial charge on any atom is 0.413 e. The van der Waals surface area contributed by atoms with Crippen LogP contribution in [0.4, 0.5) is 13.2 Å². The van der Waals surface area contributed by atoms with Gasteiger partial charge >= 0.3 is 16.6 Å².